The van der Waals surface area contributed by atoms with E-state index in [-0.39, 0.29) is 0 Å². The lowest BCUT2D eigenvalue weighted by molar-refractivity contribution is 0.132. The van der Waals surface area contributed by atoms with Crippen molar-refractivity contribution in [3.8, 4) is 0 Å². The Kier molecular flexibility index (Phi) is 4.41. The van der Waals surface area contributed by atoms with Crippen LogP contribution in [0.5, 0.6) is 0 Å². The fourth-order valence-corrected chi connectivity index (χ4v) is 3.61. The average molecular weight is 303 g/mol. The van der Waals surface area contributed by atoms with E-state index < -0.39 is 0 Å². The Labute approximate surface area is 110 Å². The molecule has 2 nitrogen and oxygen atoms in total. The van der Waals surface area contributed by atoms with Gasteiger partial charge < -0.3 is 5.32 Å². The Morgan fingerprint density at radius 3 is 3.06 bits per heavy atom. The Morgan fingerprint density at radius 2 is 2.44 bits per heavy atom. The molecule has 0 radical (unpaired) electrons. The second-order valence-electron chi connectivity index (χ2n) is 4.48. The molecule has 1 aromatic rings. The molecule has 0 aromatic carbocycles. The molecule has 1 fully saturated rings. The molecule has 16 heavy (non-hydrogen) atoms. The van der Waals surface area contributed by atoms with Gasteiger partial charge in [-0.2, -0.15) is 0 Å². The van der Waals surface area contributed by atoms with E-state index in [1.54, 1.807) is 0 Å². The van der Waals surface area contributed by atoms with Crippen molar-refractivity contribution in [1.82, 2.24) is 10.2 Å². The van der Waals surface area contributed by atoms with Gasteiger partial charge in [0.2, 0.25) is 0 Å². The molecule has 0 aliphatic carbocycles. The predicted molar refractivity (Wildman–Crippen MR) is 74.0 cm³/mol. The van der Waals surface area contributed by atoms with Gasteiger partial charge in [0.1, 0.15) is 0 Å². The van der Waals surface area contributed by atoms with Crippen LogP contribution in [0.25, 0.3) is 0 Å². The van der Waals surface area contributed by atoms with Crippen molar-refractivity contribution in [1.29, 1.82) is 0 Å². The minimum atomic E-state index is 0.636. The monoisotopic (exact) mass is 302 g/mol. The van der Waals surface area contributed by atoms with Gasteiger partial charge in [0.25, 0.3) is 0 Å². The maximum atomic E-state index is 3.61. The van der Waals surface area contributed by atoms with Crippen molar-refractivity contribution in [2.75, 3.05) is 13.1 Å². The first-order valence-electron chi connectivity index (χ1n) is 5.90. The number of piperazine rings is 1. The van der Waals surface area contributed by atoms with Crippen LogP contribution < -0.4 is 5.32 Å². The van der Waals surface area contributed by atoms with Crippen LogP contribution in [0, 0.1) is 0 Å². The summed E-state index contributed by atoms with van der Waals surface area (Å²) in [6, 6.07) is 3.44. The van der Waals surface area contributed by atoms with Gasteiger partial charge in [-0.25, -0.2) is 0 Å². The number of thiophene rings is 1. The van der Waals surface area contributed by atoms with E-state index >= 15 is 0 Å². The molecule has 1 aliphatic rings. The van der Waals surface area contributed by atoms with Gasteiger partial charge in [0, 0.05) is 41.1 Å². The number of halogens is 1. The maximum Gasteiger partial charge on any atom is 0.0343 e. The topological polar surface area (TPSA) is 15.3 Å². The van der Waals surface area contributed by atoms with Crippen molar-refractivity contribution in [2.24, 2.45) is 0 Å². The van der Waals surface area contributed by atoms with Gasteiger partial charge in [-0.05, 0) is 40.7 Å². The summed E-state index contributed by atoms with van der Waals surface area (Å²) >= 11 is 5.46. The van der Waals surface area contributed by atoms with Gasteiger partial charge in [-0.3, -0.25) is 4.90 Å². The summed E-state index contributed by atoms with van der Waals surface area (Å²) in [6.07, 6.45) is 1.22. The summed E-state index contributed by atoms with van der Waals surface area (Å²) in [5.74, 6) is 0. The maximum absolute atomic E-state index is 3.61. The zero-order chi connectivity index (χ0) is 11.5. The molecule has 1 saturated heterocycles. The Bertz CT molecular complexity index is 340. The van der Waals surface area contributed by atoms with Crippen molar-refractivity contribution in [3.05, 3.63) is 20.8 Å². The predicted octanol–water partition coefficient (Wildman–Crippen LogP) is 3.08. The van der Waals surface area contributed by atoms with Gasteiger partial charge in [0.15, 0.2) is 0 Å². The third-order valence-corrected chi connectivity index (χ3v) is 5.22. The number of rotatable bonds is 3. The smallest absolute Gasteiger partial charge is 0.0343 e. The Hall–Kier alpha value is 0.1000. The summed E-state index contributed by atoms with van der Waals surface area (Å²) in [5.41, 5.74) is 0. The molecular formula is C12H19BrN2S. The molecule has 2 rings (SSSR count). The van der Waals surface area contributed by atoms with Crippen LogP contribution in [0.3, 0.4) is 0 Å². The van der Waals surface area contributed by atoms with E-state index in [4.69, 9.17) is 0 Å². The van der Waals surface area contributed by atoms with Crippen LogP contribution in [0.15, 0.2) is 15.9 Å². The van der Waals surface area contributed by atoms with Crippen LogP contribution >= 0.6 is 27.3 Å². The van der Waals surface area contributed by atoms with Crippen molar-refractivity contribution in [3.63, 3.8) is 0 Å². The normalized spacial score (nSPS) is 27.2. The Morgan fingerprint density at radius 1 is 1.62 bits per heavy atom. The standard InChI is InChI=1S/C12H19BrN2S/c1-3-10-7-15(9(2)6-14-10)8-12-11(13)4-5-16-12/h4-5,9-10,14H,3,6-8H2,1-2H3. The third-order valence-electron chi connectivity index (χ3n) is 3.31. The molecule has 2 atom stereocenters. The molecule has 0 saturated carbocycles. The van der Waals surface area contributed by atoms with Crippen molar-refractivity contribution >= 4 is 27.3 Å². The first-order valence-corrected chi connectivity index (χ1v) is 7.57. The number of nitrogens with one attached hydrogen (secondary N) is 1. The molecule has 1 aliphatic heterocycles. The highest BCUT2D eigenvalue weighted by Gasteiger charge is 2.24. The molecular weight excluding hydrogens is 284 g/mol. The van der Waals surface area contributed by atoms with E-state index in [0.717, 1.165) is 13.1 Å². The lowest BCUT2D eigenvalue weighted by atomic mass is 10.1. The molecule has 2 unspecified atom stereocenters. The van der Waals surface area contributed by atoms with E-state index in [0.29, 0.717) is 12.1 Å². The molecule has 90 valence electrons. The third kappa shape index (κ3) is 2.86. The lowest BCUT2D eigenvalue weighted by Gasteiger charge is -2.38. The van der Waals surface area contributed by atoms with E-state index in [2.05, 4.69) is 51.4 Å². The van der Waals surface area contributed by atoms with E-state index in [1.807, 2.05) is 11.3 Å². The molecule has 0 amide bonds. The van der Waals surface area contributed by atoms with Gasteiger partial charge in [0.05, 0.1) is 0 Å². The highest BCUT2D eigenvalue weighted by atomic mass is 79.9. The second-order valence-corrected chi connectivity index (χ2v) is 6.34. The van der Waals surface area contributed by atoms with Crippen LogP contribution in [0.2, 0.25) is 0 Å². The molecule has 1 aromatic heterocycles. The molecule has 4 heteroatoms. The van der Waals surface area contributed by atoms with E-state index in [1.165, 1.54) is 22.3 Å². The summed E-state index contributed by atoms with van der Waals surface area (Å²) < 4.78 is 1.26. The van der Waals surface area contributed by atoms with Crippen molar-refractivity contribution < 1.29 is 0 Å². The summed E-state index contributed by atoms with van der Waals surface area (Å²) in [7, 11) is 0. The molecule has 1 N–H and O–H groups in total. The van der Waals surface area contributed by atoms with Gasteiger partial charge in [-0.1, -0.05) is 6.92 Å². The SMILES string of the molecule is CCC1CN(Cc2sccc2Br)C(C)CN1. The molecule has 2 heterocycles. The molecule has 0 bridgehead atoms. The van der Waals surface area contributed by atoms with Crippen molar-refractivity contribution in [2.45, 2.75) is 38.9 Å². The molecule has 0 spiro atoms. The van der Waals surface area contributed by atoms with Crippen LogP contribution in [-0.4, -0.2) is 30.1 Å². The number of nitrogens with zero attached hydrogens (tertiary/aromatic N) is 1. The quantitative estimate of drug-likeness (QED) is 0.923. The first kappa shape index (κ1) is 12.6. The largest absolute Gasteiger partial charge is 0.311 e. The van der Waals surface area contributed by atoms with Crippen LogP contribution in [0.4, 0.5) is 0 Å². The number of hydrogen-bond acceptors (Lipinski definition) is 3. The average Bonchev–Trinajstić information content (AvgIpc) is 2.68. The minimum Gasteiger partial charge on any atom is -0.311 e. The zero-order valence-corrected chi connectivity index (χ0v) is 12.3. The van der Waals surface area contributed by atoms with Crippen LogP contribution in [0.1, 0.15) is 25.1 Å². The fraction of sp³-hybridized carbons (Fsp3) is 0.667. The highest BCUT2D eigenvalue weighted by molar-refractivity contribution is 9.10. The Balaban J connectivity index is 1.99. The second kappa shape index (κ2) is 5.63. The van der Waals surface area contributed by atoms with E-state index in [9.17, 15) is 0 Å². The first-order chi connectivity index (χ1) is 7.70. The fourth-order valence-electron chi connectivity index (χ4n) is 2.11. The minimum absolute atomic E-state index is 0.636. The van der Waals surface area contributed by atoms with Gasteiger partial charge >= 0.3 is 0 Å². The summed E-state index contributed by atoms with van der Waals surface area (Å²) in [5, 5.41) is 5.75. The summed E-state index contributed by atoms with van der Waals surface area (Å²) in [4.78, 5) is 4.03. The zero-order valence-electron chi connectivity index (χ0n) is 9.87. The van der Waals surface area contributed by atoms with Crippen LogP contribution in [-0.2, 0) is 6.54 Å². The highest BCUT2D eigenvalue weighted by Crippen LogP contribution is 2.25. The summed E-state index contributed by atoms with van der Waals surface area (Å²) in [6.45, 7) is 7.92. The number of hydrogen-bond donors (Lipinski definition) is 1. The van der Waals surface area contributed by atoms with Gasteiger partial charge in [-0.15, -0.1) is 11.3 Å². The lowest BCUT2D eigenvalue weighted by Crippen LogP contribution is -2.54.